The zero-order valence-corrected chi connectivity index (χ0v) is 14.8. The second-order valence-corrected chi connectivity index (χ2v) is 7.16. The van der Waals surface area contributed by atoms with E-state index in [4.69, 9.17) is 26.8 Å². The van der Waals surface area contributed by atoms with Gasteiger partial charge in [-0.2, -0.15) is 0 Å². The van der Waals surface area contributed by atoms with Gasteiger partial charge in [0.05, 0.1) is 16.2 Å². The Morgan fingerprint density at radius 2 is 1.88 bits per heavy atom. The molecule has 0 atom stereocenters. The predicted octanol–water partition coefficient (Wildman–Crippen LogP) is 3.52. The normalized spacial score (nSPS) is 17.2. The Bertz CT molecular complexity index is 968. The van der Waals surface area contributed by atoms with E-state index in [0.29, 0.717) is 26.4 Å². The molecule has 0 saturated carbocycles. The Balaban J connectivity index is 1.61. The van der Waals surface area contributed by atoms with Gasteiger partial charge in [-0.1, -0.05) is 36.1 Å². The fourth-order valence-corrected chi connectivity index (χ4v) is 3.89. The zero-order valence-electron chi connectivity index (χ0n) is 13.2. The van der Waals surface area contributed by atoms with Crippen LogP contribution in [0.4, 0.5) is 5.69 Å². The number of hydrogen-bond acceptors (Lipinski definition) is 6. The minimum absolute atomic E-state index is 0.156. The second-order valence-electron chi connectivity index (χ2n) is 5.48. The molecule has 130 valence electrons. The first-order valence-corrected chi connectivity index (χ1v) is 8.76. The molecule has 1 amide bonds. The van der Waals surface area contributed by atoms with Gasteiger partial charge in [0.2, 0.25) is 6.79 Å². The number of aromatic carboxylic acids is 1. The predicted molar refractivity (Wildman–Crippen MR) is 102 cm³/mol. The summed E-state index contributed by atoms with van der Waals surface area (Å²) in [5.74, 6) is -0.0232. The monoisotopic (exact) mass is 385 g/mol. The third kappa shape index (κ3) is 2.93. The van der Waals surface area contributed by atoms with E-state index in [2.05, 4.69) is 0 Å². The minimum atomic E-state index is -0.995. The van der Waals surface area contributed by atoms with Crippen molar-refractivity contribution in [1.29, 1.82) is 0 Å². The summed E-state index contributed by atoms with van der Waals surface area (Å²) in [7, 11) is 0. The summed E-state index contributed by atoms with van der Waals surface area (Å²) in [5.41, 5.74) is 1.53. The van der Waals surface area contributed by atoms with Crippen LogP contribution in [0.5, 0.6) is 11.5 Å². The maximum absolute atomic E-state index is 12.8. The summed E-state index contributed by atoms with van der Waals surface area (Å²) < 4.78 is 11.0. The number of nitrogens with zero attached hydrogens (tertiary/aromatic N) is 1. The summed E-state index contributed by atoms with van der Waals surface area (Å²) in [6.45, 7) is 0.156. The molecule has 4 rings (SSSR count). The highest BCUT2D eigenvalue weighted by molar-refractivity contribution is 8.27. The number of anilines is 1. The third-order valence-electron chi connectivity index (χ3n) is 3.86. The Morgan fingerprint density at radius 1 is 1.15 bits per heavy atom. The van der Waals surface area contributed by atoms with Crippen molar-refractivity contribution in [3.63, 3.8) is 0 Å². The Kier molecular flexibility index (Phi) is 4.14. The Labute approximate surface area is 158 Å². The van der Waals surface area contributed by atoms with E-state index in [0.717, 1.165) is 5.56 Å². The first-order valence-electron chi connectivity index (χ1n) is 7.54. The first-order chi connectivity index (χ1) is 12.5. The molecule has 0 unspecified atom stereocenters. The van der Waals surface area contributed by atoms with E-state index in [1.165, 1.54) is 28.8 Å². The van der Waals surface area contributed by atoms with Crippen molar-refractivity contribution >= 4 is 51.9 Å². The molecular weight excluding hydrogens is 374 g/mol. The van der Waals surface area contributed by atoms with Crippen LogP contribution in [-0.4, -0.2) is 28.1 Å². The van der Waals surface area contributed by atoms with Crippen LogP contribution in [0.1, 0.15) is 15.9 Å². The lowest BCUT2D eigenvalue weighted by Crippen LogP contribution is -2.27. The highest BCUT2D eigenvalue weighted by Crippen LogP contribution is 2.40. The molecule has 1 saturated heterocycles. The maximum atomic E-state index is 12.8. The van der Waals surface area contributed by atoms with Gasteiger partial charge in [-0.05, 0) is 35.9 Å². The van der Waals surface area contributed by atoms with Gasteiger partial charge < -0.3 is 14.6 Å². The van der Waals surface area contributed by atoms with Gasteiger partial charge in [0, 0.05) is 6.07 Å². The number of fused-ring (bicyclic) bond motifs is 1. The van der Waals surface area contributed by atoms with Crippen LogP contribution in [0.2, 0.25) is 0 Å². The van der Waals surface area contributed by atoms with Crippen molar-refractivity contribution in [2.75, 3.05) is 11.7 Å². The van der Waals surface area contributed by atoms with Crippen molar-refractivity contribution in [2.45, 2.75) is 0 Å². The lowest BCUT2D eigenvalue weighted by Gasteiger charge is -2.14. The first kappa shape index (κ1) is 16.6. The highest BCUT2D eigenvalue weighted by atomic mass is 32.2. The molecule has 26 heavy (non-hydrogen) atoms. The van der Waals surface area contributed by atoms with Gasteiger partial charge in [-0.25, -0.2) is 4.79 Å². The van der Waals surface area contributed by atoms with Crippen LogP contribution >= 0.6 is 24.0 Å². The maximum Gasteiger partial charge on any atom is 0.335 e. The van der Waals surface area contributed by atoms with Crippen molar-refractivity contribution < 1.29 is 24.2 Å². The molecule has 0 spiro atoms. The van der Waals surface area contributed by atoms with Gasteiger partial charge in [-0.3, -0.25) is 9.69 Å². The second kappa shape index (κ2) is 6.47. The topological polar surface area (TPSA) is 76.1 Å². The number of rotatable bonds is 3. The fraction of sp³-hybridized carbons (Fsp3) is 0.0556. The van der Waals surface area contributed by atoms with Crippen LogP contribution in [0.15, 0.2) is 47.4 Å². The van der Waals surface area contributed by atoms with E-state index < -0.39 is 5.97 Å². The number of carboxylic acid groups (broad SMARTS) is 1. The molecule has 2 aliphatic rings. The Hall–Kier alpha value is -2.84. The average Bonchev–Trinajstić information content (AvgIpc) is 3.19. The standard InChI is InChI=1S/C18H11NO5S2/c20-16-15(7-10-1-3-11(4-2-10)17(21)22)26-18(25)19(16)12-5-6-13-14(8-12)24-9-23-13/h1-8H,9H2,(H,21,22)/b15-7-. The average molecular weight is 385 g/mol. The number of thiocarbonyl (C=S) groups is 1. The molecule has 2 aromatic carbocycles. The van der Waals surface area contributed by atoms with Crippen LogP contribution in [0.3, 0.4) is 0 Å². The molecule has 0 bridgehead atoms. The van der Waals surface area contributed by atoms with Crippen molar-refractivity contribution in [3.8, 4) is 11.5 Å². The number of amides is 1. The summed E-state index contributed by atoms with van der Waals surface area (Å²) in [5, 5.41) is 8.95. The highest BCUT2D eigenvalue weighted by Gasteiger charge is 2.34. The molecule has 1 N–H and O–H groups in total. The van der Waals surface area contributed by atoms with E-state index in [-0.39, 0.29) is 18.3 Å². The number of hydrogen-bond donors (Lipinski definition) is 1. The molecule has 1 fully saturated rings. The molecular formula is C18H11NO5S2. The zero-order chi connectivity index (χ0) is 18.3. The van der Waals surface area contributed by atoms with Crippen molar-refractivity contribution in [3.05, 3.63) is 58.5 Å². The summed E-state index contributed by atoms with van der Waals surface area (Å²) in [6, 6.07) is 11.5. The summed E-state index contributed by atoms with van der Waals surface area (Å²) in [4.78, 5) is 25.6. The quantitative estimate of drug-likeness (QED) is 0.640. The van der Waals surface area contributed by atoms with Gasteiger partial charge >= 0.3 is 5.97 Å². The van der Waals surface area contributed by atoms with Crippen LogP contribution in [0.25, 0.3) is 6.08 Å². The lowest BCUT2D eigenvalue weighted by molar-refractivity contribution is -0.113. The number of thioether (sulfide) groups is 1. The molecule has 8 heteroatoms. The lowest BCUT2D eigenvalue weighted by atomic mass is 10.1. The molecule has 0 aromatic heterocycles. The molecule has 6 nitrogen and oxygen atoms in total. The number of carboxylic acids is 1. The van der Waals surface area contributed by atoms with Crippen molar-refractivity contribution in [1.82, 2.24) is 0 Å². The fourth-order valence-electron chi connectivity index (χ4n) is 2.59. The third-order valence-corrected chi connectivity index (χ3v) is 5.17. The minimum Gasteiger partial charge on any atom is -0.478 e. The number of ether oxygens (including phenoxy) is 2. The van der Waals surface area contributed by atoms with Gasteiger partial charge in [0.15, 0.2) is 15.8 Å². The molecule has 0 aliphatic carbocycles. The number of carbonyl (C=O) groups is 2. The van der Waals surface area contributed by atoms with E-state index >= 15 is 0 Å². The molecule has 2 aliphatic heterocycles. The van der Waals surface area contributed by atoms with E-state index in [9.17, 15) is 9.59 Å². The summed E-state index contributed by atoms with van der Waals surface area (Å²) in [6.07, 6.45) is 1.69. The summed E-state index contributed by atoms with van der Waals surface area (Å²) >= 11 is 6.55. The van der Waals surface area contributed by atoms with Crippen LogP contribution in [0, 0.1) is 0 Å². The van der Waals surface area contributed by atoms with Crippen molar-refractivity contribution in [2.24, 2.45) is 0 Å². The van der Waals surface area contributed by atoms with Gasteiger partial charge in [-0.15, -0.1) is 0 Å². The largest absolute Gasteiger partial charge is 0.478 e. The Morgan fingerprint density at radius 3 is 2.62 bits per heavy atom. The van der Waals surface area contributed by atoms with Gasteiger partial charge in [0.1, 0.15) is 0 Å². The molecule has 0 radical (unpaired) electrons. The number of carbonyl (C=O) groups excluding carboxylic acids is 1. The molecule has 2 aromatic rings. The van der Waals surface area contributed by atoms with Crippen LogP contribution < -0.4 is 14.4 Å². The molecule has 2 heterocycles. The number of benzene rings is 2. The van der Waals surface area contributed by atoms with Gasteiger partial charge in [0.25, 0.3) is 5.91 Å². The van der Waals surface area contributed by atoms with E-state index in [1.54, 1.807) is 36.4 Å². The van der Waals surface area contributed by atoms with E-state index in [1.807, 2.05) is 0 Å². The van der Waals surface area contributed by atoms with Crippen LogP contribution in [-0.2, 0) is 4.79 Å². The smallest absolute Gasteiger partial charge is 0.335 e. The SMILES string of the molecule is O=C(O)c1ccc(/C=C2\SC(=S)N(c3ccc4c(c3)OCO4)C2=O)cc1.